The fraction of sp³-hybridized carbons (Fsp3) is 0.100. The van der Waals surface area contributed by atoms with E-state index in [4.69, 9.17) is 17.3 Å². The molecule has 96 valence electrons. The van der Waals surface area contributed by atoms with Crippen molar-refractivity contribution in [1.82, 2.24) is 5.32 Å². The number of hydrogen-bond acceptors (Lipinski definition) is 3. The molecule has 5 nitrogen and oxygen atoms in total. The van der Waals surface area contributed by atoms with Gasteiger partial charge in [-0.25, -0.2) is 4.39 Å². The summed E-state index contributed by atoms with van der Waals surface area (Å²) in [5, 5.41) is 4.47. The summed E-state index contributed by atoms with van der Waals surface area (Å²) in [6, 6.07) is 3.39. The van der Waals surface area contributed by atoms with Crippen molar-refractivity contribution >= 4 is 46.3 Å². The van der Waals surface area contributed by atoms with Gasteiger partial charge in [0.05, 0.1) is 22.2 Å². The van der Waals surface area contributed by atoms with E-state index in [1.54, 1.807) is 0 Å². The molecular formula is C10H9ClFN3O2S. The van der Waals surface area contributed by atoms with Gasteiger partial charge in [0, 0.05) is 0 Å². The molecule has 0 fully saturated rings. The summed E-state index contributed by atoms with van der Waals surface area (Å²) < 4.78 is 12.9. The second kappa shape index (κ2) is 6.27. The molecule has 2 amide bonds. The molecule has 1 aromatic carbocycles. The number of nitrogens with one attached hydrogen (secondary N) is 2. The van der Waals surface area contributed by atoms with E-state index in [0.717, 1.165) is 12.1 Å². The molecule has 1 aromatic rings. The van der Waals surface area contributed by atoms with E-state index in [1.165, 1.54) is 6.07 Å². The van der Waals surface area contributed by atoms with Crippen molar-refractivity contribution in [3.63, 3.8) is 0 Å². The molecule has 0 aromatic heterocycles. The maximum atomic E-state index is 12.9. The SMILES string of the molecule is NC(=S)CNC(=O)C(=O)Nc1cc(F)ccc1Cl. The third-order valence-corrected chi connectivity index (χ3v) is 2.28. The van der Waals surface area contributed by atoms with Crippen LogP contribution in [0.3, 0.4) is 0 Å². The molecule has 0 saturated carbocycles. The standard InChI is InChI=1S/C10H9ClFN3O2S/c11-6-2-1-5(12)3-7(6)15-10(17)9(16)14-4-8(13)18/h1-3H,4H2,(H2,13,18)(H,14,16)(H,15,17). The molecule has 0 aliphatic carbocycles. The molecule has 18 heavy (non-hydrogen) atoms. The predicted molar refractivity (Wildman–Crippen MR) is 69.8 cm³/mol. The molecule has 8 heteroatoms. The van der Waals surface area contributed by atoms with Crippen LogP contribution in [0.15, 0.2) is 18.2 Å². The van der Waals surface area contributed by atoms with Gasteiger partial charge in [-0.05, 0) is 18.2 Å². The summed E-state index contributed by atoms with van der Waals surface area (Å²) in [6.07, 6.45) is 0. The van der Waals surface area contributed by atoms with Gasteiger partial charge in [0.1, 0.15) is 5.82 Å². The minimum Gasteiger partial charge on any atom is -0.392 e. The van der Waals surface area contributed by atoms with Crippen molar-refractivity contribution < 1.29 is 14.0 Å². The second-order valence-corrected chi connectivity index (χ2v) is 4.16. The number of thiocarbonyl (C=S) groups is 1. The predicted octanol–water partition coefficient (Wildman–Crippen LogP) is 0.820. The molecule has 0 atom stereocenters. The Morgan fingerprint density at radius 3 is 2.67 bits per heavy atom. The minimum atomic E-state index is -0.987. The number of amides is 2. The van der Waals surface area contributed by atoms with Crippen LogP contribution in [0.25, 0.3) is 0 Å². The van der Waals surface area contributed by atoms with E-state index in [1.807, 2.05) is 0 Å². The Hall–Kier alpha value is -1.73. The topological polar surface area (TPSA) is 84.2 Å². The molecule has 0 saturated heterocycles. The van der Waals surface area contributed by atoms with Crippen LogP contribution in [-0.2, 0) is 9.59 Å². The quantitative estimate of drug-likeness (QED) is 0.568. The lowest BCUT2D eigenvalue weighted by molar-refractivity contribution is -0.135. The lowest BCUT2D eigenvalue weighted by Crippen LogP contribution is -2.39. The number of anilines is 1. The Morgan fingerprint density at radius 2 is 2.06 bits per heavy atom. The zero-order chi connectivity index (χ0) is 13.7. The molecule has 0 radical (unpaired) electrons. The third kappa shape index (κ3) is 4.27. The average Bonchev–Trinajstić information content (AvgIpc) is 2.30. The highest BCUT2D eigenvalue weighted by Gasteiger charge is 2.15. The van der Waals surface area contributed by atoms with E-state index in [0.29, 0.717) is 0 Å². The minimum absolute atomic E-state index is 0.00661. The fourth-order valence-corrected chi connectivity index (χ4v) is 1.26. The molecule has 4 N–H and O–H groups in total. The van der Waals surface area contributed by atoms with Crippen molar-refractivity contribution in [1.29, 1.82) is 0 Å². The van der Waals surface area contributed by atoms with Gasteiger partial charge in [0.25, 0.3) is 0 Å². The number of benzene rings is 1. The summed E-state index contributed by atoms with van der Waals surface area (Å²) in [7, 11) is 0. The number of carbonyl (C=O) groups excluding carboxylic acids is 2. The molecule has 0 unspecified atom stereocenters. The number of rotatable bonds is 3. The van der Waals surface area contributed by atoms with E-state index >= 15 is 0 Å². The molecule has 0 spiro atoms. The van der Waals surface area contributed by atoms with Crippen LogP contribution in [0.5, 0.6) is 0 Å². The number of hydrogen-bond donors (Lipinski definition) is 3. The van der Waals surface area contributed by atoms with Gasteiger partial charge >= 0.3 is 11.8 Å². The molecule has 0 bridgehead atoms. The Labute approximate surface area is 112 Å². The summed E-state index contributed by atoms with van der Waals surface area (Å²) in [6.45, 7) is -0.0987. The Kier molecular flexibility index (Phi) is 4.99. The molecule has 1 rings (SSSR count). The van der Waals surface area contributed by atoms with Crippen LogP contribution in [0, 0.1) is 5.82 Å². The molecule has 0 aliphatic rings. The maximum Gasteiger partial charge on any atom is 0.313 e. The van der Waals surface area contributed by atoms with E-state index in [-0.39, 0.29) is 22.2 Å². The first-order valence-corrected chi connectivity index (χ1v) is 5.51. The summed E-state index contributed by atoms with van der Waals surface area (Å²) in [5.74, 6) is -2.51. The smallest absolute Gasteiger partial charge is 0.313 e. The highest BCUT2D eigenvalue weighted by Crippen LogP contribution is 2.22. The van der Waals surface area contributed by atoms with Gasteiger partial charge in [0.2, 0.25) is 0 Å². The van der Waals surface area contributed by atoms with E-state index in [2.05, 4.69) is 22.9 Å². The first-order valence-electron chi connectivity index (χ1n) is 4.72. The first kappa shape index (κ1) is 14.3. The lowest BCUT2D eigenvalue weighted by Gasteiger charge is -2.07. The highest BCUT2D eigenvalue weighted by molar-refractivity contribution is 7.80. The number of halogens is 2. The zero-order valence-electron chi connectivity index (χ0n) is 9.00. The van der Waals surface area contributed by atoms with E-state index < -0.39 is 17.6 Å². The third-order valence-electron chi connectivity index (χ3n) is 1.81. The van der Waals surface area contributed by atoms with Gasteiger partial charge in [-0.15, -0.1) is 0 Å². The van der Waals surface area contributed by atoms with Gasteiger partial charge in [-0.3, -0.25) is 9.59 Å². The van der Waals surface area contributed by atoms with Crippen LogP contribution < -0.4 is 16.4 Å². The normalized spacial score (nSPS) is 9.67. The number of nitrogens with two attached hydrogens (primary N) is 1. The molecular weight excluding hydrogens is 281 g/mol. The van der Waals surface area contributed by atoms with Gasteiger partial charge in [-0.2, -0.15) is 0 Å². The fourth-order valence-electron chi connectivity index (χ4n) is 1.02. The zero-order valence-corrected chi connectivity index (χ0v) is 10.6. The van der Waals surface area contributed by atoms with Crippen LogP contribution in [0.1, 0.15) is 0 Å². The first-order chi connectivity index (χ1) is 8.40. The Morgan fingerprint density at radius 1 is 1.39 bits per heavy atom. The van der Waals surface area contributed by atoms with Crippen molar-refractivity contribution in [3.8, 4) is 0 Å². The van der Waals surface area contributed by atoms with Crippen LogP contribution in [0.2, 0.25) is 5.02 Å². The van der Waals surface area contributed by atoms with Crippen LogP contribution in [-0.4, -0.2) is 23.3 Å². The molecule has 0 aliphatic heterocycles. The van der Waals surface area contributed by atoms with Crippen LogP contribution in [0.4, 0.5) is 10.1 Å². The molecule has 0 heterocycles. The average molecular weight is 290 g/mol. The lowest BCUT2D eigenvalue weighted by atomic mass is 10.3. The Bertz CT molecular complexity index is 510. The largest absolute Gasteiger partial charge is 0.392 e. The van der Waals surface area contributed by atoms with Crippen molar-refractivity contribution in [2.75, 3.05) is 11.9 Å². The van der Waals surface area contributed by atoms with Crippen LogP contribution >= 0.6 is 23.8 Å². The van der Waals surface area contributed by atoms with E-state index in [9.17, 15) is 14.0 Å². The van der Waals surface area contributed by atoms with Crippen molar-refractivity contribution in [2.24, 2.45) is 5.73 Å². The van der Waals surface area contributed by atoms with Gasteiger partial charge in [-0.1, -0.05) is 23.8 Å². The number of carbonyl (C=O) groups is 2. The summed E-state index contributed by atoms with van der Waals surface area (Å²) in [4.78, 5) is 22.7. The monoisotopic (exact) mass is 289 g/mol. The Balaban J connectivity index is 2.66. The van der Waals surface area contributed by atoms with Gasteiger partial charge < -0.3 is 16.4 Å². The summed E-state index contributed by atoms with van der Waals surface area (Å²) >= 11 is 10.2. The highest BCUT2D eigenvalue weighted by atomic mass is 35.5. The van der Waals surface area contributed by atoms with Crippen molar-refractivity contribution in [3.05, 3.63) is 29.0 Å². The van der Waals surface area contributed by atoms with Gasteiger partial charge in [0.15, 0.2) is 0 Å². The maximum absolute atomic E-state index is 12.9. The second-order valence-electron chi connectivity index (χ2n) is 3.23. The summed E-state index contributed by atoms with van der Waals surface area (Å²) in [5.41, 5.74) is 5.16. The van der Waals surface area contributed by atoms with Crippen molar-refractivity contribution in [2.45, 2.75) is 0 Å².